The molecule has 0 heteroatoms. The van der Waals surface area contributed by atoms with Crippen LogP contribution >= 0.6 is 0 Å². The van der Waals surface area contributed by atoms with Gasteiger partial charge in [0.2, 0.25) is 0 Å². The molecule has 0 N–H and O–H groups in total. The highest BCUT2D eigenvalue weighted by molar-refractivity contribution is 5.10. The monoisotopic (exact) mass is 591 g/mol. The Balaban J connectivity index is 0.00000150. The molecule has 0 aromatic carbocycles. The molecular weight excluding hydrogens is 504 g/mol. The molecule has 4 fully saturated rings. The smallest absolute Gasteiger partial charge is 0.0266 e. The summed E-state index contributed by atoms with van der Waals surface area (Å²) in [4.78, 5) is 0. The van der Waals surface area contributed by atoms with Crippen LogP contribution in [0.2, 0.25) is 0 Å². The Morgan fingerprint density at radius 3 is 1.83 bits per heavy atom. The van der Waals surface area contributed by atoms with E-state index in [2.05, 4.69) is 83.1 Å². The fourth-order valence-corrected chi connectivity index (χ4v) is 10.6. The molecule has 11 unspecified atom stereocenters. The van der Waals surface area contributed by atoms with Crippen LogP contribution in [0.4, 0.5) is 0 Å². The minimum Gasteiger partial charge on any atom is -0.0776 e. The van der Waals surface area contributed by atoms with Crippen LogP contribution in [0.5, 0.6) is 0 Å². The van der Waals surface area contributed by atoms with Gasteiger partial charge in [0.05, 0.1) is 0 Å². The van der Waals surface area contributed by atoms with Gasteiger partial charge in [-0.1, -0.05) is 131 Å². The van der Waals surface area contributed by atoms with Crippen molar-refractivity contribution in [2.24, 2.45) is 75.4 Å². The van der Waals surface area contributed by atoms with Gasteiger partial charge < -0.3 is 0 Å². The van der Waals surface area contributed by atoms with Gasteiger partial charge in [-0.15, -0.1) is 0 Å². The van der Waals surface area contributed by atoms with Crippen LogP contribution in [0.3, 0.4) is 0 Å². The predicted molar refractivity (Wildman–Crippen MR) is 195 cm³/mol. The van der Waals surface area contributed by atoms with Gasteiger partial charge in [0.25, 0.3) is 0 Å². The average molecular weight is 591 g/mol. The first kappa shape index (κ1) is 42.0. The van der Waals surface area contributed by atoms with E-state index in [0.717, 1.165) is 59.2 Å². The largest absolute Gasteiger partial charge is 0.0776 e. The number of rotatable bonds is 7. The summed E-state index contributed by atoms with van der Waals surface area (Å²) in [5.74, 6) is 9.83. The predicted octanol–water partition coefficient (Wildman–Crippen LogP) is 14.8. The summed E-state index contributed by atoms with van der Waals surface area (Å²) in [6.07, 6.45) is 19.4. The summed E-state index contributed by atoms with van der Waals surface area (Å²) < 4.78 is 0. The van der Waals surface area contributed by atoms with Crippen molar-refractivity contribution in [2.45, 2.75) is 195 Å². The fraction of sp³-hybridized carbons (Fsp3) is 1.00. The van der Waals surface area contributed by atoms with Crippen molar-refractivity contribution in [2.75, 3.05) is 0 Å². The molecule has 0 heterocycles. The number of hydrogen-bond donors (Lipinski definition) is 0. The van der Waals surface area contributed by atoms with Crippen molar-refractivity contribution in [3.05, 3.63) is 0 Å². The van der Waals surface area contributed by atoms with E-state index in [1.54, 1.807) is 38.5 Å². The third-order valence-electron chi connectivity index (χ3n) is 13.8. The molecule has 0 amide bonds. The molecule has 4 saturated carbocycles. The fourth-order valence-electron chi connectivity index (χ4n) is 10.6. The van der Waals surface area contributed by atoms with E-state index in [9.17, 15) is 0 Å². The molecule has 254 valence electrons. The minimum atomic E-state index is 0. The molecule has 4 aliphatic rings. The Labute approximate surface area is 270 Å². The second kappa shape index (κ2) is 17.6. The standard InChI is InChI=1S/C32H58.C6H14.C2H6.2CH4/c1-9-24-13-15-32(8)27(20-24)19-23(6)30-28-12-11-26(31(28,7)16-14-29(30)32)18-22(5)17-25(10-2)21(3)4;1-5-6(2,3)4;1-2;;/h21-30H,9-20H2,1-8H3;5H2,1-4H3;1-2H3;2*1H4. The lowest BCUT2D eigenvalue weighted by Gasteiger charge is -2.63. The summed E-state index contributed by atoms with van der Waals surface area (Å²) in [6.45, 7) is 33.5. The summed E-state index contributed by atoms with van der Waals surface area (Å²) in [6, 6.07) is 0. The van der Waals surface area contributed by atoms with E-state index < -0.39 is 0 Å². The van der Waals surface area contributed by atoms with Crippen LogP contribution < -0.4 is 0 Å². The third kappa shape index (κ3) is 9.51. The van der Waals surface area contributed by atoms with Crippen LogP contribution in [0, 0.1) is 75.4 Å². The van der Waals surface area contributed by atoms with E-state index in [0.29, 0.717) is 16.2 Å². The molecule has 0 radical (unpaired) electrons. The molecular formula is C42H86. The topological polar surface area (TPSA) is 0 Å². The van der Waals surface area contributed by atoms with Gasteiger partial charge >= 0.3 is 0 Å². The van der Waals surface area contributed by atoms with Gasteiger partial charge in [-0.2, -0.15) is 0 Å². The lowest BCUT2D eigenvalue weighted by molar-refractivity contribution is -0.142. The van der Waals surface area contributed by atoms with Crippen molar-refractivity contribution in [3.63, 3.8) is 0 Å². The summed E-state index contributed by atoms with van der Waals surface area (Å²) in [7, 11) is 0. The van der Waals surface area contributed by atoms with Crippen molar-refractivity contribution in [1.29, 1.82) is 0 Å². The van der Waals surface area contributed by atoms with E-state index in [1.807, 2.05) is 13.8 Å². The quantitative estimate of drug-likeness (QED) is 0.276. The Bertz CT molecular complexity index is 712. The van der Waals surface area contributed by atoms with E-state index >= 15 is 0 Å². The first-order valence-corrected chi connectivity index (χ1v) is 18.7. The van der Waals surface area contributed by atoms with Gasteiger partial charge in [0, 0.05) is 0 Å². The zero-order valence-corrected chi connectivity index (χ0v) is 30.5. The van der Waals surface area contributed by atoms with E-state index in [-0.39, 0.29) is 14.9 Å². The van der Waals surface area contributed by atoms with Crippen molar-refractivity contribution >= 4 is 0 Å². The van der Waals surface area contributed by atoms with Crippen molar-refractivity contribution < 1.29 is 0 Å². The summed E-state index contributed by atoms with van der Waals surface area (Å²) in [5, 5.41) is 0. The van der Waals surface area contributed by atoms with E-state index in [4.69, 9.17) is 0 Å². The molecule has 4 aliphatic carbocycles. The van der Waals surface area contributed by atoms with Crippen LogP contribution in [-0.4, -0.2) is 0 Å². The Morgan fingerprint density at radius 2 is 1.33 bits per heavy atom. The van der Waals surface area contributed by atoms with E-state index in [1.165, 1.54) is 44.9 Å². The Morgan fingerprint density at radius 1 is 0.786 bits per heavy atom. The lowest BCUT2D eigenvalue weighted by Crippen LogP contribution is -2.56. The van der Waals surface area contributed by atoms with Gasteiger partial charge in [-0.3, -0.25) is 0 Å². The molecule has 0 saturated heterocycles. The minimum absolute atomic E-state index is 0. The average Bonchev–Trinajstić information content (AvgIpc) is 3.24. The molecule has 0 nitrogen and oxygen atoms in total. The molecule has 0 aromatic heterocycles. The molecule has 11 atom stereocenters. The SMILES string of the molecule is C.C.CC.CCC(C)(C)C.CCC1CCC2(C)C(C1)CC(C)C1C3CCC(CC(C)CC(CC)C(C)C)C3(C)CCC12. The Kier molecular flexibility index (Phi) is 17.6. The van der Waals surface area contributed by atoms with Crippen LogP contribution in [-0.2, 0) is 0 Å². The zero-order chi connectivity index (χ0) is 30.5. The van der Waals surface area contributed by atoms with Gasteiger partial charge in [-0.05, 0) is 140 Å². The molecule has 42 heavy (non-hydrogen) atoms. The molecule has 0 aromatic rings. The highest BCUT2D eigenvalue weighted by Gasteiger charge is 2.61. The van der Waals surface area contributed by atoms with Gasteiger partial charge in [-0.25, -0.2) is 0 Å². The van der Waals surface area contributed by atoms with Crippen LogP contribution in [0.1, 0.15) is 195 Å². The normalized spacial score (nSPS) is 38.5. The summed E-state index contributed by atoms with van der Waals surface area (Å²) >= 11 is 0. The highest BCUT2D eigenvalue weighted by Crippen LogP contribution is 2.69. The number of fused-ring (bicyclic) bond motifs is 5. The lowest BCUT2D eigenvalue weighted by atomic mass is 9.42. The third-order valence-corrected chi connectivity index (χ3v) is 13.8. The highest BCUT2D eigenvalue weighted by atomic mass is 14.7. The molecule has 0 aliphatic heterocycles. The molecule has 4 rings (SSSR count). The maximum atomic E-state index is 2.77. The van der Waals surface area contributed by atoms with Gasteiger partial charge in [0.1, 0.15) is 0 Å². The zero-order valence-electron chi connectivity index (χ0n) is 30.5. The number of hydrogen-bond acceptors (Lipinski definition) is 0. The summed E-state index contributed by atoms with van der Waals surface area (Å²) in [5.41, 5.74) is 1.86. The van der Waals surface area contributed by atoms with Crippen molar-refractivity contribution in [1.82, 2.24) is 0 Å². The second-order valence-electron chi connectivity index (χ2n) is 17.5. The molecule has 0 bridgehead atoms. The van der Waals surface area contributed by atoms with Crippen LogP contribution in [0.15, 0.2) is 0 Å². The van der Waals surface area contributed by atoms with Crippen LogP contribution in [0.25, 0.3) is 0 Å². The maximum Gasteiger partial charge on any atom is -0.0266 e. The van der Waals surface area contributed by atoms with Gasteiger partial charge in [0.15, 0.2) is 0 Å². The first-order chi connectivity index (χ1) is 18.7. The van der Waals surface area contributed by atoms with Crippen molar-refractivity contribution in [3.8, 4) is 0 Å². The Hall–Kier alpha value is 0. The maximum absolute atomic E-state index is 2.77. The second-order valence-corrected chi connectivity index (χ2v) is 17.5. The molecule has 0 spiro atoms. The first-order valence-electron chi connectivity index (χ1n) is 18.7.